The third-order valence-electron chi connectivity index (χ3n) is 4.19. The Morgan fingerprint density at radius 2 is 2.15 bits per heavy atom. The smallest absolute Gasteiger partial charge is 0.150 e. The van der Waals surface area contributed by atoms with Gasteiger partial charge in [-0.05, 0) is 65.6 Å². The molecular formula is C15H16BrClN2O. The van der Waals surface area contributed by atoms with Crippen molar-refractivity contribution in [2.24, 2.45) is 0 Å². The molecule has 2 fully saturated rings. The molecule has 5 heteroatoms. The number of benzene rings is 1. The summed E-state index contributed by atoms with van der Waals surface area (Å²) in [5, 5.41) is 6.63. The number of halogens is 2. The van der Waals surface area contributed by atoms with Crippen LogP contribution in [-0.4, -0.2) is 16.4 Å². The van der Waals surface area contributed by atoms with Gasteiger partial charge in [-0.2, -0.15) is 5.10 Å². The number of hydrogen-bond donors (Lipinski definition) is 0. The molecule has 1 unspecified atom stereocenters. The highest BCUT2D eigenvalue weighted by atomic mass is 79.9. The normalized spacial score (nSPS) is 23.4. The van der Waals surface area contributed by atoms with E-state index in [1.165, 1.54) is 24.8 Å². The molecule has 0 radical (unpaired) electrons. The van der Waals surface area contributed by atoms with Crippen molar-refractivity contribution in [1.82, 2.24) is 9.78 Å². The molecule has 1 aliphatic carbocycles. The Labute approximate surface area is 131 Å². The first kappa shape index (κ1) is 13.1. The van der Waals surface area contributed by atoms with Gasteiger partial charge in [0.2, 0.25) is 0 Å². The van der Waals surface area contributed by atoms with Crippen molar-refractivity contribution in [1.29, 1.82) is 0 Å². The van der Waals surface area contributed by atoms with Gasteiger partial charge in [-0.1, -0.05) is 11.6 Å². The molecule has 0 spiro atoms. The fourth-order valence-electron chi connectivity index (χ4n) is 2.96. The topological polar surface area (TPSA) is 27.1 Å². The first-order valence-corrected chi connectivity index (χ1v) is 8.39. The van der Waals surface area contributed by atoms with Crippen molar-refractivity contribution < 1.29 is 4.74 Å². The number of fused-ring (bicyclic) bond motifs is 1. The molecule has 2 aromatic rings. The molecular weight excluding hydrogens is 340 g/mol. The fourth-order valence-corrected chi connectivity index (χ4v) is 4.26. The molecule has 1 atom stereocenters. The van der Waals surface area contributed by atoms with Crippen LogP contribution in [0, 0.1) is 0 Å². The van der Waals surface area contributed by atoms with E-state index in [0.29, 0.717) is 5.92 Å². The number of aromatic nitrogens is 2. The summed E-state index contributed by atoms with van der Waals surface area (Å²) in [7, 11) is 0. The van der Waals surface area contributed by atoms with E-state index in [4.69, 9.17) is 16.3 Å². The van der Waals surface area contributed by atoms with Gasteiger partial charge in [0.1, 0.15) is 6.23 Å². The monoisotopic (exact) mass is 354 g/mol. The molecule has 1 saturated heterocycles. The van der Waals surface area contributed by atoms with Crippen molar-refractivity contribution in [3.8, 4) is 0 Å². The number of ether oxygens (including phenoxy) is 1. The molecule has 20 heavy (non-hydrogen) atoms. The average Bonchev–Trinajstić information content (AvgIpc) is 3.18. The molecule has 0 bridgehead atoms. The summed E-state index contributed by atoms with van der Waals surface area (Å²) >= 11 is 10.2. The Kier molecular flexibility index (Phi) is 3.28. The summed E-state index contributed by atoms with van der Waals surface area (Å²) in [5.74, 6) is 0.621. The molecule has 1 saturated carbocycles. The van der Waals surface area contributed by atoms with Crippen LogP contribution in [0.25, 0.3) is 10.9 Å². The maximum absolute atomic E-state index is 6.43. The lowest BCUT2D eigenvalue weighted by Crippen LogP contribution is -2.18. The maximum Gasteiger partial charge on any atom is 0.150 e. The fraction of sp³-hybridized carbons (Fsp3) is 0.533. The summed E-state index contributed by atoms with van der Waals surface area (Å²) in [6.45, 7) is 0.829. The molecule has 1 aromatic carbocycles. The zero-order chi connectivity index (χ0) is 13.7. The summed E-state index contributed by atoms with van der Waals surface area (Å²) in [6, 6.07) is 1.99. The number of hydrogen-bond acceptors (Lipinski definition) is 2. The van der Waals surface area contributed by atoms with Gasteiger partial charge in [0.05, 0.1) is 5.52 Å². The Bertz CT molecular complexity index is 659. The van der Waals surface area contributed by atoms with Crippen molar-refractivity contribution in [3.63, 3.8) is 0 Å². The van der Waals surface area contributed by atoms with E-state index in [-0.39, 0.29) is 6.23 Å². The van der Waals surface area contributed by atoms with E-state index in [1.54, 1.807) is 0 Å². The molecule has 106 valence electrons. The minimum atomic E-state index is 0.0752. The Balaban J connectivity index is 1.80. The Hall–Kier alpha value is -0.580. The van der Waals surface area contributed by atoms with E-state index in [2.05, 4.69) is 27.2 Å². The lowest BCUT2D eigenvalue weighted by atomic mass is 10.1. The van der Waals surface area contributed by atoms with Crippen LogP contribution in [0.3, 0.4) is 0 Å². The zero-order valence-electron chi connectivity index (χ0n) is 11.1. The molecule has 2 heterocycles. The van der Waals surface area contributed by atoms with Crippen molar-refractivity contribution in [3.05, 3.63) is 27.3 Å². The third kappa shape index (κ3) is 2.18. The van der Waals surface area contributed by atoms with Crippen molar-refractivity contribution in [2.45, 2.75) is 44.2 Å². The van der Waals surface area contributed by atoms with Crippen LogP contribution in [0.1, 0.15) is 49.8 Å². The van der Waals surface area contributed by atoms with Gasteiger partial charge in [-0.3, -0.25) is 0 Å². The van der Waals surface area contributed by atoms with Gasteiger partial charge in [-0.25, -0.2) is 4.68 Å². The van der Waals surface area contributed by atoms with Gasteiger partial charge in [-0.15, -0.1) is 0 Å². The molecule has 1 aromatic heterocycles. The Morgan fingerprint density at radius 3 is 2.85 bits per heavy atom. The van der Waals surface area contributed by atoms with Crippen LogP contribution in [-0.2, 0) is 4.74 Å². The zero-order valence-corrected chi connectivity index (χ0v) is 13.5. The standard InChI is InChI=1S/C15H16BrClN2O/c16-15-10-8-19(13-3-1-2-6-20-13)18-12(10)7-11(17)14(15)9-4-5-9/h7-9,13H,1-6H2. The van der Waals surface area contributed by atoms with Gasteiger partial charge in [0.25, 0.3) is 0 Å². The highest BCUT2D eigenvalue weighted by Crippen LogP contribution is 2.48. The minimum Gasteiger partial charge on any atom is -0.357 e. The van der Waals surface area contributed by atoms with E-state index in [9.17, 15) is 0 Å². The van der Waals surface area contributed by atoms with Gasteiger partial charge in [0.15, 0.2) is 0 Å². The van der Waals surface area contributed by atoms with Gasteiger partial charge >= 0.3 is 0 Å². The number of rotatable bonds is 2. The van der Waals surface area contributed by atoms with Crippen LogP contribution in [0.2, 0.25) is 5.02 Å². The largest absolute Gasteiger partial charge is 0.357 e. The summed E-state index contributed by atoms with van der Waals surface area (Å²) in [5.41, 5.74) is 2.20. The summed E-state index contributed by atoms with van der Waals surface area (Å²) < 4.78 is 8.88. The molecule has 0 N–H and O–H groups in total. The first-order chi connectivity index (χ1) is 9.74. The third-order valence-corrected chi connectivity index (χ3v) is 5.36. The van der Waals surface area contributed by atoms with E-state index in [0.717, 1.165) is 39.8 Å². The lowest BCUT2D eigenvalue weighted by molar-refractivity contribution is -0.0390. The van der Waals surface area contributed by atoms with Crippen LogP contribution >= 0.6 is 27.5 Å². The molecule has 2 aliphatic rings. The lowest BCUT2D eigenvalue weighted by Gasteiger charge is -2.22. The second-order valence-electron chi connectivity index (χ2n) is 5.72. The van der Waals surface area contributed by atoms with Crippen molar-refractivity contribution >= 4 is 38.4 Å². The Morgan fingerprint density at radius 1 is 1.30 bits per heavy atom. The highest BCUT2D eigenvalue weighted by Gasteiger charge is 2.29. The van der Waals surface area contributed by atoms with E-state index in [1.807, 2.05) is 10.7 Å². The van der Waals surface area contributed by atoms with E-state index < -0.39 is 0 Å². The average molecular weight is 356 g/mol. The molecule has 0 amide bonds. The molecule has 4 rings (SSSR count). The van der Waals surface area contributed by atoms with Crippen molar-refractivity contribution in [2.75, 3.05) is 6.61 Å². The van der Waals surface area contributed by atoms with Crippen LogP contribution in [0.4, 0.5) is 0 Å². The quantitative estimate of drug-likeness (QED) is 0.755. The minimum absolute atomic E-state index is 0.0752. The first-order valence-electron chi connectivity index (χ1n) is 7.22. The highest BCUT2D eigenvalue weighted by molar-refractivity contribution is 9.10. The van der Waals surface area contributed by atoms with Crippen LogP contribution in [0.15, 0.2) is 16.7 Å². The second-order valence-corrected chi connectivity index (χ2v) is 6.92. The van der Waals surface area contributed by atoms with Crippen LogP contribution < -0.4 is 0 Å². The predicted octanol–water partition coefficient (Wildman–Crippen LogP) is 5.03. The maximum atomic E-state index is 6.43. The summed E-state index contributed by atoms with van der Waals surface area (Å²) in [4.78, 5) is 0. The SMILES string of the molecule is Clc1cc2nn(C3CCCCO3)cc2c(Br)c1C1CC1. The second kappa shape index (κ2) is 5.00. The number of nitrogens with zero attached hydrogens (tertiary/aromatic N) is 2. The van der Waals surface area contributed by atoms with Gasteiger partial charge < -0.3 is 4.74 Å². The summed E-state index contributed by atoms with van der Waals surface area (Å²) in [6.07, 6.45) is 8.04. The predicted molar refractivity (Wildman–Crippen MR) is 83.3 cm³/mol. The van der Waals surface area contributed by atoms with E-state index >= 15 is 0 Å². The van der Waals surface area contributed by atoms with Gasteiger partial charge in [0, 0.05) is 27.7 Å². The molecule has 1 aliphatic heterocycles. The van der Waals surface area contributed by atoms with Crippen LogP contribution in [0.5, 0.6) is 0 Å². The molecule has 3 nitrogen and oxygen atoms in total.